The lowest BCUT2D eigenvalue weighted by molar-refractivity contribution is -0.171. The molecule has 1 aliphatic carbocycles. The molecule has 5 rings (SSSR count). The highest BCUT2D eigenvalue weighted by Gasteiger charge is 2.53. The fraction of sp³-hybridized carbons (Fsp3) is 0.269. The van der Waals surface area contributed by atoms with Crippen LogP contribution in [0.5, 0.6) is 0 Å². The summed E-state index contributed by atoms with van der Waals surface area (Å²) in [5.74, 6) is -1.10. The molecule has 8 heteroatoms. The standard InChI is InChI=1S/C26H24N4O4/c1-3-33-24(31)26(25(32)34-4-2)12-17-10-19(16-8-6-5-7-9-16)20(11-18(17)13-26)21-22-23(29-14-27-21)30-15-28-22/h5-11,14-15H,3-4,12-13H2,1-2H3,(H,27,28,29,30). The number of nitrogens with zero attached hydrogens (tertiary/aromatic N) is 3. The SMILES string of the molecule is CCOC(=O)C1(C(=O)OCC)Cc2cc(-c3ccccc3)c(-c3ncnc4nc[nH]c34)cc2C1. The lowest BCUT2D eigenvalue weighted by Crippen LogP contribution is -2.43. The second-order valence-corrected chi connectivity index (χ2v) is 8.23. The minimum absolute atomic E-state index is 0.190. The highest BCUT2D eigenvalue weighted by atomic mass is 16.6. The van der Waals surface area contributed by atoms with Gasteiger partial charge < -0.3 is 14.5 Å². The molecule has 1 N–H and O–H groups in total. The molecule has 0 spiro atoms. The molecule has 0 amide bonds. The Labute approximate surface area is 196 Å². The van der Waals surface area contributed by atoms with Crippen molar-refractivity contribution in [1.82, 2.24) is 19.9 Å². The first-order chi connectivity index (χ1) is 16.6. The Kier molecular flexibility index (Phi) is 5.57. The van der Waals surface area contributed by atoms with E-state index in [-0.39, 0.29) is 26.1 Å². The van der Waals surface area contributed by atoms with Gasteiger partial charge >= 0.3 is 11.9 Å². The van der Waals surface area contributed by atoms with Crippen molar-refractivity contribution in [3.63, 3.8) is 0 Å². The molecule has 2 aromatic heterocycles. The van der Waals surface area contributed by atoms with E-state index in [1.54, 1.807) is 20.2 Å². The minimum atomic E-state index is -1.39. The van der Waals surface area contributed by atoms with Crippen molar-refractivity contribution in [3.8, 4) is 22.4 Å². The molecule has 34 heavy (non-hydrogen) atoms. The van der Waals surface area contributed by atoms with Gasteiger partial charge in [0.15, 0.2) is 11.1 Å². The Balaban J connectivity index is 1.70. The van der Waals surface area contributed by atoms with Crippen molar-refractivity contribution in [2.24, 2.45) is 5.41 Å². The predicted molar refractivity (Wildman–Crippen MR) is 126 cm³/mol. The summed E-state index contributed by atoms with van der Waals surface area (Å²) in [6, 6.07) is 14.0. The van der Waals surface area contributed by atoms with Crippen LogP contribution in [0.1, 0.15) is 25.0 Å². The van der Waals surface area contributed by atoms with Crippen LogP contribution in [0.4, 0.5) is 0 Å². The van der Waals surface area contributed by atoms with E-state index >= 15 is 0 Å². The van der Waals surface area contributed by atoms with Crippen molar-refractivity contribution in [1.29, 1.82) is 0 Å². The van der Waals surface area contributed by atoms with Crippen LogP contribution in [-0.4, -0.2) is 45.1 Å². The topological polar surface area (TPSA) is 107 Å². The smallest absolute Gasteiger partial charge is 0.324 e. The highest BCUT2D eigenvalue weighted by molar-refractivity contribution is 6.02. The van der Waals surface area contributed by atoms with Crippen LogP contribution < -0.4 is 0 Å². The van der Waals surface area contributed by atoms with E-state index in [1.165, 1.54) is 6.33 Å². The van der Waals surface area contributed by atoms with Gasteiger partial charge in [0.1, 0.15) is 17.5 Å². The first-order valence-corrected chi connectivity index (χ1v) is 11.3. The first-order valence-electron chi connectivity index (χ1n) is 11.3. The molecule has 2 heterocycles. The van der Waals surface area contributed by atoms with Crippen molar-refractivity contribution >= 4 is 23.1 Å². The van der Waals surface area contributed by atoms with Crippen LogP contribution in [0, 0.1) is 5.41 Å². The van der Waals surface area contributed by atoms with Crippen molar-refractivity contribution in [2.75, 3.05) is 13.2 Å². The Morgan fingerprint density at radius 2 is 1.56 bits per heavy atom. The second-order valence-electron chi connectivity index (χ2n) is 8.23. The maximum absolute atomic E-state index is 13.0. The van der Waals surface area contributed by atoms with E-state index in [4.69, 9.17) is 9.47 Å². The van der Waals surface area contributed by atoms with Gasteiger partial charge in [-0.1, -0.05) is 36.4 Å². The third-order valence-electron chi connectivity index (χ3n) is 6.22. The van der Waals surface area contributed by atoms with Crippen LogP contribution in [0.25, 0.3) is 33.5 Å². The number of benzene rings is 2. The van der Waals surface area contributed by atoms with Crippen LogP contribution >= 0.6 is 0 Å². The zero-order chi connectivity index (χ0) is 23.7. The van der Waals surface area contributed by atoms with Gasteiger partial charge in [-0.3, -0.25) is 9.59 Å². The average Bonchev–Trinajstić information content (AvgIpc) is 3.49. The van der Waals surface area contributed by atoms with Gasteiger partial charge in [0.2, 0.25) is 0 Å². The number of rotatable bonds is 6. The van der Waals surface area contributed by atoms with Gasteiger partial charge in [-0.2, -0.15) is 0 Å². The number of carbonyl (C=O) groups excluding carboxylic acids is 2. The van der Waals surface area contributed by atoms with E-state index in [9.17, 15) is 9.59 Å². The molecule has 0 saturated carbocycles. The molecule has 0 atom stereocenters. The first kappa shape index (κ1) is 21.8. The summed E-state index contributed by atoms with van der Waals surface area (Å²) in [6.45, 7) is 3.84. The highest BCUT2D eigenvalue weighted by Crippen LogP contribution is 2.44. The van der Waals surface area contributed by atoms with Gasteiger partial charge in [-0.15, -0.1) is 0 Å². The van der Waals surface area contributed by atoms with Crippen molar-refractivity contribution in [2.45, 2.75) is 26.7 Å². The van der Waals surface area contributed by atoms with Gasteiger partial charge in [0, 0.05) is 5.56 Å². The van der Waals surface area contributed by atoms with Gasteiger partial charge in [0.25, 0.3) is 0 Å². The van der Waals surface area contributed by atoms with Crippen LogP contribution in [-0.2, 0) is 31.9 Å². The molecule has 2 aromatic carbocycles. The summed E-state index contributed by atoms with van der Waals surface area (Å²) in [5.41, 5.74) is 5.21. The van der Waals surface area contributed by atoms with E-state index in [2.05, 4.69) is 19.9 Å². The lowest BCUT2D eigenvalue weighted by atomic mass is 9.84. The zero-order valence-corrected chi connectivity index (χ0v) is 19.0. The third-order valence-corrected chi connectivity index (χ3v) is 6.22. The van der Waals surface area contributed by atoms with E-state index < -0.39 is 17.4 Å². The average molecular weight is 457 g/mol. The van der Waals surface area contributed by atoms with Gasteiger partial charge in [0.05, 0.1) is 19.5 Å². The molecule has 8 nitrogen and oxygen atoms in total. The van der Waals surface area contributed by atoms with Crippen LogP contribution in [0.15, 0.2) is 55.1 Å². The second kappa shape index (κ2) is 8.70. The van der Waals surface area contributed by atoms with Crippen molar-refractivity contribution < 1.29 is 19.1 Å². The summed E-state index contributed by atoms with van der Waals surface area (Å²) in [6.07, 6.45) is 3.51. The molecular weight excluding hydrogens is 432 g/mol. The summed E-state index contributed by atoms with van der Waals surface area (Å²) < 4.78 is 10.7. The molecule has 0 radical (unpaired) electrons. The van der Waals surface area contributed by atoms with E-state index in [0.29, 0.717) is 11.3 Å². The number of nitrogens with one attached hydrogen (secondary N) is 1. The minimum Gasteiger partial charge on any atom is -0.465 e. The largest absolute Gasteiger partial charge is 0.465 e. The fourth-order valence-electron chi connectivity index (χ4n) is 4.66. The number of hydrogen-bond acceptors (Lipinski definition) is 7. The van der Waals surface area contributed by atoms with Gasteiger partial charge in [-0.25, -0.2) is 15.0 Å². The molecule has 1 aliphatic rings. The number of aromatic nitrogens is 4. The van der Waals surface area contributed by atoms with Crippen LogP contribution in [0.3, 0.4) is 0 Å². The normalized spacial score (nSPS) is 14.1. The predicted octanol–water partition coefficient (Wildman–Crippen LogP) is 3.90. The number of aromatic amines is 1. The Morgan fingerprint density at radius 1 is 0.912 bits per heavy atom. The zero-order valence-electron chi connectivity index (χ0n) is 19.0. The molecule has 0 aliphatic heterocycles. The monoisotopic (exact) mass is 456 g/mol. The van der Waals surface area contributed by atoms with Crippen LogP contribution in [0.2, 0.25) is 0 Å². The summed E-state index contributed by atoms with van der Waals surface area (Å²) in [7, 11) is 0. The number of imidazole rings is 1. The third kappa shape index (κ3) is 3.51. The fourth-order valence-corrected chi connectivity index (χ4v) is 4.66. The van der Waals surface area contributed by atoms with Gasteiger partial charge in [-0.05, 0) is 55.0 Å². The number of ether oxygens (including phenoxy) is 2. The molecular formula is C26H24N4O4. The van der Waals surface area contributed by atoms with E-state index in [1.807, 2.05) is 42.5 Å². The maximum atomic E-state index is 13.0. The molecule has 4 aromatic rings. The lowest BCUT2D eigenvalue weighted by Gasteiger charge is -2.23. The summed E-state index contributed by atoms with van der Waals surface area (Å²) >= 11 is 0. The van der Waals surface area contributed by atoms with E-state index in [0.717, 1.165) is 33.3 Å². The number of fused-ring (bicyclic) bond motifs is 2. The summed E-state index contributed by atoms with van der Waals surface area (Å²) in [4.78, 5) is 42.3. The Morgan fingerprint density at radius 3 is 2.21 bits per heavy atom. The maximum Gasteiger partial charge on any atom is 0.324 e. The number of hydrogen-bond donors (Lipinski definition) is 1. The molecule has 0 saturated heterocycles. The number of H-pyrrole nitrogens is 1. The molecule has 0 fully saturated rings. The Hall–Kier alpha value is -4.07. The number of esters is 2. The molecule has 172 valence electrons. The quantitative estimate of drug-likeness (QED) is 0.346. The molecule has 0 bridgehead atoms. The summed E-state index contributed by atoms with van der Waals surface area (Å²) in [5, 5.41) is 0. The number of carbonyl (C=O) groups is 2. The van der Waals surface area contributed by atoms with Crippen molar-refractivity contribution in [3.05, 3.63) is 66.2 Å². The Bertz CT molecular complexity index is 1360. The molecule has 0 unspecified atom stereocenters.